The van der Waals surface area contributed by atoms with Crippen LogP contribution in [0.1, 0.15) is 12.0 Å². The molecule has 5 nitrogen and oxygen atoms in total. The fraction of sp³-hybridized carbons (Fsp3) is 0.385. The number of nitrogens with one attached hydrogen (secondary N) is 1. The Hall–Kier alpha value is -1.75. The molecule has 1 N–H and O–H groups in total. The maximum absolute atomic E-state index is 11.4. The van der Waals surface area contributed by atoms with E-state index in [9.17, 15) is 9.59 Å². The Morgan fingerprint density at radius 2 is 1.89 bits per heavy atom. The smallest absolute Gasteiger partial charge is 0.240 e. The molecule has 0 radical (unpaired) electrons. The van der Waals surface area contributed by atoms with E-state index in [4.69, 9.17) is 21.1 Å². The van der Waals surface area contributed by atoms with Gasteiger partial charge in [0.1, 0.15) is 0 Å². The van der Waals surface area contributed by atoms with Crippen LogP contribution >= 0.6 is 11.6 Å². The van der Waals surface area contributed by atoms with E-state index >= 15 is 0 Å². The van der Waals surface area contributed by atoms with E-state index < -0.39 is 5.24 Å². The van der Waals surface area contributed by atoms with Crippen LogP contribution in [0.4, 0.5) is 0 Å². The molecule has 0 aliphatic heterocycles. The maximum atomic E-state index is 11.4. The Morgan fingerprint density at radius 3 is 2.47 bits per heavy atom. The largest absolute Gasteiger partial charge is 0.493 e. The lowest BCUT2D eigenvalue weighted by atomic mass is 10.1. The zero-order chi connectivity index (χ0) is 14.3. The fourth-order valence-corrected chi connectivity index (χ4v) is 1.62. The first-order chi connectivity index (χ1) is 9.06. The highest BCUT2D eigenvalue weighted by molar-refractivity contribution is 6.64. The van der Waals surface area contributed by atoms with Gasteiger partial charge in [0, 0.05) is 6.42 Å². The highest BCUT2D eigenvalue weighted by atomic mass is 35.5. The number of hydrogen-bond donors (Lipinski definition) is 1. The summed E-state index contributed by atoms with van der Waals surface area (Å²) in [5.41, 5.74) is 0.949. The van der Waals surface area contributed by atoms with Crippen molar-refractivity contribution >= 4 is 22.8 Å². The normalized spacial score (nSPS) is 9.84. The third-order valence-corrected chi connectivity index (χ3v) is 2.65. The first-order valence-corrected chi connectivity index (χ1v) is 6.10. The molecule has 0 atom stereocenters. The molecule has 0 aromatic heterocycles. The van der Waals surface area contributed by atoms with Gasteiger partial charge in [0.15, 0.2) is 11.5 Å². The minimum absolute atomic E-state index is 0.147. The molecule has 104 valence electrons. The van der Waals surface area contributed by atoms with Crippen LogP contribution in [0.25, 0.3) is 0 Å². The van der Waals surface area contributed by atoms with Crippen molar-refractivity contribution < 1.29 is 19.1 Å². The fourth-order valence-electron chi connectivity index (χ4n) is 1.55. The molecular weight excluding hydrogens is 270 g/mol. The molecule has 1 rings (SSSR count). The molecule has 0 aliphatic rings. The molecule has 0 heterocycles. The quantitative estimate of drug-likeness (QED) is 0.772. The third kappa shape index (κ3) is 5.18. The average molecular weight is 286 g/mol. The maximum Gasteiger partial charge on any atom is 0.240 e. The minimum Gasteiger partial charge on any atom is -0.493 e. The first-order valence-electron chi connectivity index (χ1n) is 5.72. The van der Waals surface area contributed by atoms with Crippen LogP contribution in [-0.2, 0) is 16.0 Å². The number of carbonyl (C=O) groups excluding carboxylic acids is 2. The standard InChI is InChI=1S/C13H16ClNO4/c1-18-10-5-3-9(7-11(10)19-2)4-6-13(17)15-8-12(14)16/h3,5,7H,4,6,8H2,1-2H3,(H,15,17). The molecule has 0 unspecified atom stereocenters. The molecule has 1 aromatic carbocycles. The van der Waals surface area contributed by atoms with Gasteiger partial charge in [-0.1, -0.05) is 6.07 Å². The molecule has 0 saturated heterocycles. The summed E-state index contributed by atoms with van der Waals surface area (Å²) >= 11 is 5.13. The van der Waals surface area contributed by atoms with E-state index in [0.29, 0.717) is 17.9 Å². The van der Waals surface area contributed by atoms with Crippen molar-refractivity contribution in [3.05, 3.63) is 23.8 Å². The summed E-state index contributed by atoms with van der Waals surface area (Å²) in [5, 5.41) is 1.84. The van der Waals surface area contributed by atoms with Gasteiger partial charge in [-0.05, 0) is 35.7 Å². The van der Waals surface area contributed by atoms with Crippen LogP contribution in [0.15, 0.2) is 18.2 Å². The van der Waals surface area contributed by atoms with Crippen molar-refractivity contribution in [1.82, 2.24) is 5.32 Å². The number of methoxy groups -OCH3 is 2. The zero-order valence-electron chi connectivity index (χ0n) is 10.9. The molecule has 1 amide bonds. The first kappa shape index (κ1) is 15.3. The number of aryl methyl sites for hydroxylation is 1. The van der Waals surface area contributed by atoms with Crippen LogP contribution < -0.4 is 14.8 Å². The summed E-state index contributed by atoms with van der Waals surface area (Å²) in [6.07, 6.45) is 0.822. The van der Waals surface area contributed by atoms with E-state index in [0.717, 1.165) is 5.56 Å². The van der Waals surface area contributed by atoms with Gasteiger partial charge in [0.05, 0.1) is 20.8 Å². The summed E-state index contributed by atoms with van der Waals surface area (Å²) in [7, 11) is 3.12. The predicted octanol–water partition coefficient (Wildman–Crippen LogP) is 1.52. The second kappa shape index (κ2) is 7.63. The van der Waals surface area contributed by atoms with Crippen molar-refractivity contribution in [3.63, 3.8) is 0 Å². The topological polar surface area (TPSA) is 64.6 Å². The van der Waals surface area contributed by atoms with Gasteiger partial charge in [0.25, 0.3) is 0 Å². The van der Waals surface area contributed by atoms with Gasteiger partial charge in [-0.15, -0.1) is 0 Å². The number of carbonyl (C=O) groups is 2. The van der Waals surface area contributed by atoms with Crippen LogP contribution in [0.3, 0.4) is 0 Å². The van der Waals surface area contributed by atoms with Crippen molar-refractivity contribution in [2.45, 2.75) is 12.8 Å². The van der Waals surface area contributed by atoms with E-state index in [1.54, 1.807) is 20.3 Å². The third-order valence-electron chi connectivity index (χ3n) is 2.51. The Labute approximate surface area is 116 Å². The molecule has 1 aromatic rings. The summed E-state index contributed by atoms with van der Waals surface area (Å²) < 4.78 is 10.3. The van der Waals surface area contributed by atoms with Gasteiger partial charge in [-0.25, -0.2) is 0 Å². The molecule has 6 heteroatoms. The van der Waals surface area contributed by atoms with Gasteiger partial charge < -0.3 is 14.8 Å². The van der Waals surface area contributed by atoms with Crippen molar-refractivity contribution in [1.29, 1.82) is 0 Å². The van der Waals surface area contributed by atoms with Crippen molar-refractivity contribution in [3.8, 4) is 11.5 Å². The second-order valence-electron chi connectivity index (χ2n) is 3.82. The number of rotatable bonds is 7. The van der Waals surface area contributed by atoms with Gasteiger partial charge in [-0.3, -0.25) is 9.59 Å². The van der Waals surface area contributed by atoms with Crippen molar-refractivity contribution in [2.75, 3.05) is 20.8 Å². The number of ether oxygens (including phenoxy) is 2. The van der Waals surface area contributed by atoms with E-state index in [1.165, 1.54) is 0 Å². The Kier molecular flexibility index (Phi) is 6.15. The Balaban J connectivity index is 2.53. The van der Waals surface area contributed by atoms with Crippen LogP contribution in [0.2, 0.25) is 0 Å². The number of benzene rings is 1. The predicted molar refractivity (Wildman–Crippen MR) is 71.7 cm³/mol. The van der Waals surface area contributed by atoms with Crippen LogP contribution in [0.5, 0.6) is 11.5 Å². The highest BCUT2D eigenvalue weighted by Gasteiger charge is 2.07. The molecule has 0 bridgehead atoms. The molecule has 0 aliphatic carbocycles. The average Bonchev–Trinajstić information content (AvgIpc) is 2.42. The number of hydrogen-bond acceptors (Lipinski definition) is 4. The SMILES string of the molecule is COc1ccc(CCC(=O)NCC(=O)Cl)cc1OC. The monoisotopic (exact) mass is 285 g/mol. The van der Waals surface area contributed by atoms with E-state index in [2.05, 4.69) is 5.32 Å². The van der Waals surface area contributed by atoms with Crippen LogP contribution in [0, 0.1) is 0 Å². The van der Waals surface area contributed by atoms with Gasteiger partial charge >= 0.3 is 0 Å². The highest BCUT2D eigenvalue weighted by Crippen LogP contribution is 2.27. The zero-order valence-corrected chi connectivity index (χ0v) is 11.6. The molecule has 0 fully saturated rings. The number of amides is 1. The molecule has 0 saturated carbocycles. The molecule has 0 spiro atoms. The van der Waals surface area contributed by atoms with Gasteiger partial charge in [0.2, 0.25) is 11.1 Å². The van der Waals surface area contributed by atoms with E-state index in [1.807, 2.05) is 12.1 Å². The Bertz CT molecular complexity index is 462. The lowest BCUT2D eigenvalue weighted by molar-refractivity contribution is -0.123. The van der Waals surface area contributed by atoms with Crippen LogP contribution in [-0.4, -0.2) is 31.9 Å². The lowest BCUT2D eigenvalue weighted by Crippen LogP contribution is -2.27. The van der Waals surface area contributed by atoms with Crippen molar-refractivity contribution in [2.24, 2.45) is 0 Å². The second-order valence-corrected chi connectivity index (χ2v) is 4.24. The minimum atomic E-state index is -0.584. The lowest BCUT2D eigenvalue weighted by Gasteiger charge is -2.09. The number of halogens is 1. The van der Waals surface area contributed by atoms with E-state index in [-0.39, 0.29) is 18.9 Å². The summed E-state index contributed by atoms with van der Waals surface area (Å²) in [4.78, 5) is 21.9. The summed E-state index contributed by atoms with van der Waals surface area (Å²) in [5.74, 6) is 1.04. The molecule has 19 heavy (non-hydrogen) atoms. The molecular formula is C13H16ClNO4. The van der Waals surface area contributed by atoms with Gasteiger partial charge in [-0.2, -0.15) is 0 Å². The Morgan fingerprint density at radius 1 is 1.21 bits per heavy atom. The summed E-state index contributed by atoms with van der Waals surface area (Å²) in [6, 6.07) is 5.47. The summed E-state index contributed by atoms with van der Waals surface area (Å²) in [6.45, 7) is -0.147.